The van der Waals surface area contributed by atoms with E-state index in [1.54, 1.807) is 6.92 Å². The van der Waals surface area contributed by atoms with Crippen LogP contribution >= 0.6 is 11.3 Å². The summed E-state index contributed by atoms with van der Waals surface area (Å²) in [5.41, 5.74) is 0.650. The quantitative estimate of drug-likeness (QED) is 0.664. The van der Waals surface area contributed by atoms with Gasteiger partial charge in [-0.3, -0.25) is 0 Å². The Hall–Kier alpha value is -1.00. The van der Waals surface area contributed by atoms with Crippen molar-refractivity contribution in [2.45, 2.75) is 37.9 Å². The number of carboxylic acid groups (broad SMARTS) is 1. The minimum absolute atomic E-state index is 0.0184. The molecule has 0 atom stereocenters. The van der Waals surface area contributed by atoms with Gasteiger partial charge in [0.2, 0.25) is 0 Å². The molecular formula is C16H27N3O4S2. The van der Waals surface area contributed by atoms with E-state index < -0.39 is 16.0 Å². The van der Waals surface area contributed by atoms with Gasteiger partial charge in [-0.2, -0.15) is 4.31 Å². The maximum absolute atomic E-state index is 13.1. The van der Waals surface area contributed by atoms with Crippen molar-refractivity contribution in [3.8, 4) is 0 Å². The van der Waals surface area contributed by atoms with Crippen LogP contribution in [0.2, 0.25) is 0 Å². The molecule has 142 valence electrons. The average molecular weight is 390 g/mol. The van der Waals surface area contributed by atoms with Gasteiger partial charge in [0.05, 0.1) is 5.56 Å². The number of fused-ring (bicyclic) bond motifs is 1. The minimum Gasteiger partial charge on any atom is -0.478 e. The summed E-state index contributed by atoms with van der Waals surface area (Å²) in [5, 5.41) is 12.8. The molecule has 2 rings (SSSR count). The molecule has 1 aromatic heterocycles. The molecule has 2 heterocycles. The number of aromatic carboxylic acids is 1. The highest BCUT2D eigenvalue weighted by Crippen LogP contribution is 2.36. The smallest absolute Gasteiger partial charge is 0.338 e. The fraction of sp³-hybridized carbons (Fsp3) is 0.688. The first-order chi connectivity index (χ1) is 11.9. The van der Waals surface area contributed by atoms with Crippen molar-refractivity contribution in [2.24, 2.45) is 0 Å². The van der Waals surface area contributed by atoms with Gasteiger partial charge in [-0.1, -0.05) is 20.8 Å². The Morgan fingerprint density at radius 3 is 2.44 bits per heavy atom. The number of hydrogen-bond acceptors (Lipinski definition) is 6. The molecule has 0 unspecified atom stereocenters. The molecule has 0 saturated carbocycles. The molecule has 0 spiro atoms. The molecule has 25 heavy (non-hydrogen) atoms. The third-order valence-corrected chi connectivity index (χ3v) is 8.30. The lowest BCUT2D eigenvalue weighted by molar-refractivity contribution is 0.0692. The first-order valence-electron chi connectivity index (χ1n) is 8.67. The molecule has 0 aromatic carbocycles. The van der Waals surface area contributed by atoms with Gasteiger partial charge in [-0.05, 0) is 31.6 Å². The molecule has 0 radical (unpaired) electrons. The summed E-state index contributed by atoms with van der Waals surface area (Å²) in [5.74, 6) is -1.15. The van der Waals surface area contributed by atoms with Gasteiger partial charge < -0.3 is 15.3 Å². The van der Waals surface area contributed by atoms with Crippen LogP contribution < -0.4 is 5.32 Å². The number of nitrogens with zero attached hydrogens (tertiary/aromatic N) is 2. The molecule has 7 nitrogen and oxygen atoms in total. The van der Waals surface area contributed by atoms with E-state index >= 15 is 0 Å². The Bertz CT molecular complexity index is 711. The lowest BCUT2D eigenvalue weighted by atomic mass is 10.1. The average Bonchev–Trinajstić information content (AvgIpc) is 2.99. The molecule has 0 fully saturated rings. The number of rotatable bonds is 9. The second kappa shape index (κ2) is 8.59. The zero-order valence-corrected chi connectivity index (χ0v) is 16.7. The molecule has 9 heteroatoms. The van der Waals surface area contributed by atoms with Gasteiger partial charge >= 0.3 is 5.97 Å². The maximum atomic E-state index is 13.1. The van der Waals surface area contributed by atoms with Crippen LogP contribution in [0.4, 0.5) is 0 Å². The first kappa shape index (κ1) is 20.3. The van der Waals surface area contributed by atoms with E-state index in [2.05, 4.69) is 10.2 Å². The summed E-state index contributed by atoms with van der Waals surface area (Å²) in [6.07, 6.45) is 0.550. The third-order valence-electron chi connectivity index (χ3n) is 4.60. The number of likely N-dealkylation sites (N-methyl/N-ethyl adjacent to an activating group) is 2. The van der Waals surface area contributed by atoms with Gasteiger partial charge in [0.1, 0.15) is 4.21 Å². The predicted molar refractivity (Wildman–Crippen MR) is 98.9 cm³/mol. The van der Waals surface area contributed by atoms with E-state index in [9.17, 15) is 18.3 Å². The molecule has 0 bridgehead atoms. The standard InChI is InChI=1S/C16H27N3O4S2/c1-4-18(5-2)9-10-19(6-3)25(22,23)16-14(15(20)21)12-7-8-17-11-13(12)24-16/h17H,4-11H2,1-3H3,(H,20,21). The second-order valence-electron chi connectivity index (χ2n) is 5.92. The molecule has 1 aliphatic heterocycles. The summed E-state index contributed by atoms with van der Waals surface area (Å²) < 4.78 is 27.6. The van der Waals surface area contributed by atoms with Crippen LogP contribution in [0, 0.1) is 0 Å². The topological polar surface area (TPSA) is 90.0 Å². The highest BCUT2D eigenvalue weighted by molar-refractivity contribution is 7.91. The summed E-state index contributed by atoms with van der Waals surface area (Å²) in [4.78, 5) is 14.7. The van der Waals surface area contributed by atoms with E-state index in [-0.39, 0.29) is 9.77 Å². The largest absolute Gasteiger partial charge is 0.478 e. The molecular weight excluding hydrogens is 362 g/mol. The number of nitrogens with one attached hydrogen (secondary N) is 1. The highest BCUT2D eigenvalue weighted by Gasteiger charge is 2.35. The zero-order chi connectivity index (χ0) is 18.6. The summed E-state index contributed by atoms with van der Waals surface area (Å²) in [6, 6.07) is 0. The number of carbonyl (C=O) groups is 1. The lowest BCUT2D eigenvalue weighted by Crippen LogP contribution is -2.38. The fourth-order valence-corrected chi connectivity index (χ4v) is 6.51. The molecule has 2 N–H and O–H groups in total. The Morgan fingerprint density at radius 2 is 1.88 bits per heavy atom. The Labute approximate surface area is 153 Å². The van der Waals surface area contributed by atoms with Crippen molar-refractivity contribution >= 4 is 27.3 Å². The van der Waals surface area contributed by atoms with Gasteiger partial charge in [0.15, 0.2) is 0 Å². The third kappa shape index (κ3) is 4.22. The number of sulfonamides is 1. The second-order valence-corrected chi connectivity index (χ2v) is 9.16. The lowest BCUT2D eigenvalue weighted by Gasteiger charge is -2.24. The van der Waals surface area contributed by atoms with E-state index in [0.717, 1.165) is 29.3 Å². The van der Waals surface area contributed by atoms with E-state index in [1.807, 2.05) is 13.8 Å². The maximum Gasteiger partial charge on any atom is 0.338 e. The van der Waals surface area contributed by atoms with Crippen LogP contribution in [0.15, 0.2) is 4.21 Å². The number of thiophene rings is 1. The SMILES string of the molecule is CCN(CC)CCN(CC)S(=O)(=O)c1sc2c(c1C(=O)O)CCNC2. The van der Waals surface area contributed by atoms with Crippen LogP contribution in [-0.2, 0) is 23.0 Å². The first-order valence-corrected chi connectivity index (χ1v) is 10.9. The van der Waals surface area contributed by atoms with Gasteiger partial charge in [0, 0.05) is 31.1 Å². The number of carboxylic acids is 1. The fourth-order valence-electron chi connectivity index (χ4n) is 3.07. The van der Waals surface area contributed by atoms with E-state index in [4.69, 9.17) is 0 Å². The molecule has 0 amide bonds. The van der Waals surface area contributed by atoms with Crippen LogP contribution in [0.5, 0.6) is 0 Å². The van der Waals surface area contributed by atoms with Crippen molar-refractivity contribution in [3.05, 3.63) is 16.0 Å². The van der Waals surface area contributed by atoms with E-state index in [1.165, 1.54) is 4.31 Å². The normalized spacial score (nSPS) is 14.9. The minimum atomic E-state index is -3.82. The van der Waals surface area contributed by atoms with E-state index in [0.29, 0.717) is 44.7 Å². The van der Waals surface area contributed by atoms with Gasteiger partial charge in [-0.25, -0.2) is 13.2 Å². The predicted octanol–water partition coefficient (Wildman–Crippen LogP) is 1.44. The monoisotopic (exact) mass is 389 g/mol. The summed E-state index contributed by atoms with van der Waals surface area (Å²) in [6.45, 7) is 10.1. The Kier molecular flexibility index (Phi) is 6.98. The molecule has 1 aromatic rings. The van der Waals surface area contributed by atoms with Crippen molar-refractivity contribution in [1.82, 2.24) is 14.5 Å². The summed E-state index contributed by atoms with van der Waals surface area (Å²) in [7, 11) is -3.82. The van der Waals surface area contributed by atoms with Gasteiger partial charge in [-0.15, -0.1) is 11.3 Å². The van der Waals surface area contributed by atoms with Crippen LogP contribution in [0.25, 0.3) is 0 Å². The Balaban J connectivity index is 2.37. The van der Waals surface area contributed by atoms with Crippen LogP contribution in [0.1, 0.15) is 41.6 Å². The van der Waals surface area contributed by atoms with Crippen LogP contribution in [-0.4, -0.2) is 68.0 Å². The van der Waals surface area contributed by atoms with Crippen molar-refractivity contribution in [2.75, 3.05) is 39.3 Å². The molecule has 0 aliphatic carbocycles. The van der Waals surface area contributed by atoms with Crippen LogP contribution in [0.3, 0.4) is 0 Å². The van der Waals surface area contributed by atoms with Gasteiger partial charge in [0.25, 0.3) is 10.0 Å². The number of hydrogen-bond donors (Lipinski definition) is 2. The summed E-state index contributed by atoms with van der Waals surface area (Å²) >= 11 is 1.10. The zero-order valence-electron chi connectivity index (χ0n) is 15.0. The van der Waals surface area contributed by atoms with Crippen molar-refractivity contribution < 1.29 is 18.3 Å². The Morgan fingerprint density at radius 1 is 1.20 bits per heavy atom. The van der Waals surface area contributed by atoms with Crippen molar-refractivity contribution in [1.29, 1.82) is 0 Å². The van der Waals surface area contributed by atoms with Crippen molar-refractivity contribution in [3.63, 3.8) is 0 Å². The molecule has 0 saturated heterocycles. The molecule has 1 aliphatic rings. The highest BCUT2D eigenvalue weighted by atomic mass is 32.2.